The van der Waals surface area contributed by atoms with Gasteiger partial charge in [0.2, 0.25) is 15.9 Å². The summed E-state index contributed by atoms with van der Waals surface area (Å²) in [6.45, 7) is 1.00. The van der Waals surface area contributed by atoms with Crippen LogP contribution < -0.4 is 10.1 Å². The van der Waals surface area contributed by atoms with Crippen LogP contribution in [0.25, 0.3) is 0 Å². The van der Waals surface area contributed by atoms with Crippen LogP contribution in [0.5, 0.6) is 5.75 Å². The van der Waals surface area contributed by atoms with Crippen molar-refractivity contribution < 1.29 is 22.3 Å². The number of hydrogen-bond acceptors (Lipinski definition) is 4. The zero-order valence-corrected chi connectivity index (χ0v) is 15.8. The molecule has 0 atom stereocenters. The highest BCUT2D eigenvalue weighted by Gasteiger charge is 2.28. The summed E-state index contributed by atoms with van der Waals surface area (Å²) in [5.74, 6) is -0.362. The molecule has 0 saturated carbocycles. The molecule has 1 aliphatic heterocycles. The zero-order chi connectivity index (χ0) is 19.4. The number of halogens is 1. The lowest BCUT2D eigenvalue weighted by atomic mass is 10.1. The summed E-state index contributed by atoms with van der Waals surface area (Å²) in [7, 11) is -2.16. The molecule has 0 spiro atoms. The van der Waals surface area contributed by atoms with Crippen molar-refractivity contribution in [1.29, 1.82) is 0 Å². The fourth-order valence-electron chi connectivity index (χ4n) is 3.00. The van der Waals surface area contributed by atoms with Gasteiger partial charge in [-0.05, 0) is 48.7 Å². The lowest BCUT2D eigenvalue weighted by Crippen LogP contribution is -2.28. The number of sulfonamides is 1. The Kier molecular flexibility index (Phi) is 5.76. The number of carbonyl (C=O) groups is 1. The van der Waals surface area contributed by atoms with Crippen LogP contribution in [-0.2, 0) is 21.2 Å². The molecule has 0 aliphatic carbocycles. The summed E-state index contributed by atoms with van der Waals surface area (Å²) in [5, 5.41) is 2.69. The van der Waals surface area contributed by atoms with Gasteiger partial charge in [0.05, 0.1) is 24.1 Å². The average Bonchev–Trinajstić information content (AvgIpc) is 3.19. The van der Waals surface area contributed by atoms with Crippen molar-refractivity contribution in [3.63, 3.8) is 0 Å². The number of nitrogens with zero attached hydrogens (tertiary/aromatic N) is 1. The third-order valence-corrected chi connectivity index (χ3v) is 6.32. The highest BCUT2D eigenvalue weighted by atomic mass is 32.2. The van der Waals surface area contributed by atoms with Crippen LogP contribution in [0.4, 0.5) is 10.1 Å². The molecule has 0 bridgehead atoms. The van der Waals surface area contributed by atoms with Gasteiger partial charge in [-0.15, -0.1) is 0 Å². The van der Waals surface area contributed by atoms with E-state index in [-0.39, 0.29) is 28.7 Å². The fourth-order valence-corrected chi connectivity index (χ4v) is 4.55. The molecule has 0 unspecified atom stereocenters. The van der Waals surface area contributed by atoms with E-state index >= 15 is 0 Å². The summed E-state index contributed by atoms with van der Waals surface area (Å²) >= 11 is 0. The monoisotopic (exact) mass is 392 g/mol. The molecule has 8 heteroatoms. The molecular weight excluding hydrogens is 371 g/mol. The molecule has 1 N–H and O–H groups in total. The molecule has 1 amide bonds. The van der Waals surface area contributed by atoms with Crippen LogP contribution >= 0.6 is 0 Å². The standard InChI is InChI=1S/C19H21FN2O4S/c1-26-18-9-8-16(27(24,25)22-10-2-3-11-22)13-17(18)21-19(23)12-14-4-6-15(20)7-5-14/h4-9,13H,2-3,10-12H2,1H3,(H,21,23). The molecule has 1 heterocycles. The first kappa shape index (κ1) is 19.3. The molecule has 0 radical (unpaired) electrons. The first-order valence-electron chi connectivity index (χ1n) is 8.62. The molecule has 0 aromatic heterocycles. The Balaban J connectivity index is 1.81. The molecule has 1 saturated heterocycles. The van der Waals surface area contributed by atoms with Crippen LogP contribution in [0.1, 0.15) is 18.4 Å². The van der Waals surface area contributed by atoms with Gasteiger partial charge in [-0.3, -0.25) is 4.79 Å². The van der Waals surface area contributed by atoms with Gasteiger partial charge in [0.15, 0.2) is 0 Å². The van der Waals surface area contributed by atoms with Crippen LogP contribution in [0.2, 0.25) is 0 Å². The van der Waals surface area contributed by atoms with E-state index in [1.807, 2.05) is 0 Å². The van der Waals surface area contributed by atoms with Crippen LogP contribution in [0.15, 0.2) is 47.4 Å². The zero-order valence-electron chi connectivity index (χ0n) is 14.9. The van der Waals surface area contributed by atoms with Crippen LogP contribution in [-0.4, -0.2) is 38.8 Å². The van der Waals surface area contributed by atoms with E-state index in [1.165, 1.54) is 53.9 Å². The van der Waals surface area contributed by atoms with E-state index in [4.69, 9.17) is 4.74 Å². The smallest absolute Gasteiger partial charge is 0.243 e. The number of amides is 1. The number of rotatable bonds is 6. The molecule has 1 aliphatic rings. The second-order valence-corrected chi connectivity index (χ2v) is 8.26. The second-order valence-electron chi connectivity index (χ2n) is 6.32. The first-order valence-corrected chi connectivity index (χ1v) is 10.1. The minimum Gasteiger partial charge on any atom is -0.495 e. The number of benzene rings is 2. The van der Waals surface area contributed by atoms with Crippen LogP contribution in [0, 0.1) is 5.82 Å². The molecule has 1 fully saturated rings. The quantitative estimate of drug-likeness (QED) is 0.820. The molecule has 2 aromatic carbocycles. The van der Waals surface area contributed by atoms with Crippen molar-refractivity contribution in [1.82, 2.24) is 4.31 Å². The lowest BCUT2D eigenvalue weighted by Gasteiger charge is -2.17. The van der Waals surface area contributed by atoms with Gasteiger partial charge < -0.3 is 10.1 Å². The molecular formula is C19H21FN2O4S. The van der Waals surface area contributed by atoms with E-state index in [0.29, 0.717) is 24.4 Å². The predicted molar refractivity (Wildman–Crippen MR) is 99.7 cm³/mol. The summed E-state index contributed by atoms with van der Waals surface area (Å²) in [6, 6.07) is 10.0. The summed E-state index contributed by atoms with van der Waals surface area (Å²) in [6.07, 6.45) is 1.72. The number of methoxy groups -OCH3 is 1. The Morgan fingerprint density at radius 3 is 2.44 bits per heavy atom. The minimum absolute atomic E-state index is 0.0343. The highest BCUT2D eigenvalue weighted by Crippen LogP contribution is 2.30. The summed E-state index contributed by atoms with van der Waals surface area (Å²) < 4.78 is 45.1. The predicted octanol–water partition coefficient (Wildman–Crippen LogP) is 2.80. The third kappa shape index (κ3) is 4.45. The van der Waals surface area contributed by atoms with Gasteiger partial charge in [0, 0.05) is 13.1 Å². The van der Waals surface area contributed by atoms with E-state index < -0.39 is 10.0 Å². The SMILES string of the molecule is COc1ccc(S(=O)(=O)N2CCCC2)cc1NC(=O)Cc1ccc(F)cc1. The van der Waals surface area contributed by atoms with E-state index in [2.05, 4.69) is 5.32 Å². The maximum Gasteiger partial charge on any atom is 0.243 e. The fraction of sp³-hybridized carbons (Fsp3) is 0.316. The lowest BCUT2D eigenvalue weighted by molar-refractivity contribution is -0.115. The summed E-state index contributed by atoms with van der Waals surface area (Å²) in [5.41, 5.74) is 0.929. The number of carbonyl (C=O) groups excluding carboxylic acids is 1. The van der Waals surface area contributed by atoms with Crippen LogP contribution in [0.3, 0.4) is 0 Å². The Bertz CT molecular complexity index is 923. The van der Waals surface area contributed by atoms with Crippen molar-refractivity contribution in [3.05, 3.63) is 53.8 Å². The molecule has 27 heavy (non-hydrogen) atoms. The number of anilines is 1. The van der Waals surface area contributed by atoms with Crippen molar-refractivity contribution >= 4 is 21.6 Å². The Morgan fingerprint density at radius 1 is 1.15 bits per heavy atom. The van der Waals surface area contributed by atoms with Gasteiger partial charge in [-0.25, -0.2) is 12.8 Å². The van der Waals surface area contributed by atoms with Gasteiger partial charge in [-0.2, -0.15) is 4.31 Å². The van der Waals surface area contributed by atoms with E-state index in [0.717, 1.165) is 12.8 Å². The van der Waals surface area contributed by atoms with Crippen molar-refractivity contribution in [2.45, 2.75) is 24.2 Å². The Morgan fingerprint density at radius 2 is 1.81 bits per heavy atom. The molecule has 3 rings (SSSR count). The van der Waals surface area contributed by atoms with Gasteiger partial charge in [0.1, 0.15) is 11.6 Å². The normalized spacial score (nSPS) is 14.9. The maximum atomic E-state index is 13.0. The van der Waals surface area contributed by atoms with Gasteiger partial charge >= 0.3 is 0 Å². The topological polar surface area (TPSA) is 75.7 Å². The minimum atomic E-state index is -3.60. The molecule has 6 nitrogen and oxygen atoms in total. The number of ether oxygens (including phenoxy) is 1. The average molecular weight is 392 g/mol. The number of hydrogen-bond donors (Lipinski definition) is 1. The number of nitrogens with one attached hydrogen (secondary N) is 1. The first-order chi connectivity index (χ1) is 12.9. The highest BCUT2D eigenvalue weighted by molar-refractivity contribution is 7.89. The van der Waals surface area contributed by atoms with Gasteiger partial charge in [0.25, 0.3) is 0 Å². The third-order valence-electron chi connectivity index (χ3n) is 4.43. The second kappa shape index (κ2) is 8.06. The van der Waals surface area contributed by atoms with E-state index in [1.54, 1.807) is 0 Å². The maximum absolute atomic E-state index is 13.0. The molecule has 2 aromatic rings. The largest absolute Gasteiger partial charge is 0.495 e. The van der Waals surface area contributed by atoms with E-state index in [9.17, 15) is 17.6 Å². The van der Waals surface area contributed by atoms with Gasteiger partial charge in [-0.1, -0.05) is 12.1 Å². The Labute approximate surface area is 158 Å². The molecule has 144 valence electrons. The Hall–Kier alpha value is -2.45. The van der Waals surface area contributed by atoms with Crippen molar-refractivity contribution in [2.75, 3.05) is 25.5 Å². The van der Waals surface area contributed by atoms with Crippen molar-refractivity contribution in [3.8, 4) is 5.75 Å². The summed E-state index contributed by atoms with van der Waals surface area (Å²) in [4.78, 5) is 12.4. The van der Waals surface area contributed by atoms with Crippen molar-refractivity contribution in [2.24, 2.45) is 0 Å².